The number of amides is 1. The third-order valence-electron chi connectivity index (χ3n) is 5.00. The molecule has 1 heterocycles. The van der Waals surface area contributed by atoms with Gasteiger partial charge in [-0.3, -0.25) is 9.69 Å². The zero-order chi connectivity index (χ0) is 22.1. The molecule has 2 atom stereocenters. The van der Waals surface area contributed by atoms with Crippen LogP contribution in [0.4, 0.5) is 4.79 Å². The molecule has 30 heavy (non-hydrogen) atoms. The van der Waals surface area contributed by atoms with E-state index in [1.165, 1.54) is 0 Å². The van der Waals surface area contributed by atoms with Crippen molar-refractivity contribution >= 4 is 35.1 Å². The molecule has 0 fully saturated rings. The Kier molecular flexibility index (Phi) is 6.75. The van der Waals surface area contributed by atoms with Crippen molar-refractivity contribution < 1.29 is 14.3 Å². The first-order chi connectivity index (χ1) is 14.1. The number of ether oxygens (including phenoxy) is 1. The molecule has 2 aromatic rings. The molecule has 0 spiro atoms. The molecule has 1 amide bonds. The maximum Gasteiger partial charge on any atom is 0.408 e. The molecule has 0 bridgehead atoms. The zero-order valence-corrected chi connectivity index (χ0v) is 19.1. The van der Waals surface area contributed by atoms with Crippen molar-refractivity contribution in [3.8, 4) is 0 Å². The molecule has 0 saturated heterocycles. The van der Waals surface area contributed by atoms with Gasteiger partial charge in [-0.1, -0.05) is 53.5 Å². The van der Waals surface area contributed by atoms with Gasteiger partial charge in [-0.2, -0.15) is 0 Å². The van der Waals surface area contributed by atoms with Crippen molar-refractivity contribution in [1.29, 1.82) is 0 Å². The summed E-state index contributed by atoms with van der Waals surface area (Å²) in [4.78, 5) is 27.7. The molecule has 3 rings (SSSR count). The maximum absolute atomic E-state index is 13.5. The second-order valence-corrected chi connectivity index (χ2v) is 9.26. The molecule has 160 valence electrons. The van der Waals surface area contributed by atoms with Gasteiger partial charge in [-0.05, 0) is 57.4 Å². The van der Waals surface area contributed by atoms with Crippen LogP contribution in [0.2, 0.25) is 10.0 Å². The van der Waals surface area contributed by atoms with Gasteiger partial charge in [0.05, 0.1) is 17.2 Å². The Hall–Kier alpha value is -2.08. The third kappa shape index (κ3) is 5.15. The van der Waals surface area contributed by atoms with Crippen LogP contribution in [0, 0.1) is 0 Å². The highest BCUT2D eigenvalue weighted by atomic mass is 35.5. The molecule has 5 nitrogen and oxygen atoms in total. The summed E-state index contributed by atoms with van der Waals surface area (Å²) in [5, 5.41) is 3.89. The van der Waals surface area contributed by atoms with Crippen LogP contribution in [0.1, 0.15) is 49.2 Å². The molecule has 1 aliphatic rings. The first kappa shape index (κ1) is 22.6. The Balaban J connectivity index is 1.92. The van der Waals surface area contributed by atoms with E-state index in [1.807, 2.05) is 42.2 Å². The summed E-state index contributed by atoms with van der Waals surface area (Å²) < 4.78 is 5.38. The highest BCUT2D eigenvalue weighted by Crippen LogP contribution is 2.32. The van der Waals surface area contributed by atoms with Crippen molar-refractivity contribution in [3.63, 3.8) is 0 Å². The van der Waals surface area contributed by atoms with Gasteiger partial charge in [0.15, 0.2) is 5.78 Å². The molecule has 1 aliphatic heterocycles. The second-order valence-electron chi connectivity index (χ2n) is 8.44. The van der Waals surface area contributed by atoms with Crippen molar-refractivity contribution in [1.82, 2.24) is 10.2 Å². The fourth-order valence-corrected chi connectivity index (χ4v) is 4.15. The van der Waals surface area contributed by atoms with Gasteiger partial charge < -0.3 is 10.1 Å². The molecule has 7 heteroatoms. The van der Waals surface area contributed by atoms with Crippen molar-refractivity contribution in [2.24, 2.45) is 0 Å². The van der Waals surface area contributed by atoms with Gasteiger partial charge in [0.2, 0.25) is 0 Å². The lowest BCUT2D eigenvalue weighted by Gasteiger charge is -2.40. The lowest BCUT2D eigenvalue weighted by atomic mass is 9.88. The number of hydrogen-bond donors (Lipinski definition) is 1. The average molecular weight is 449 g/mol. The summed E-state index contributed by atoms with van der Waals surface area (Å²) in [7, 11) is 0. The number of Topliss-reactive ketones (excluding diaryl/α,β-unsaturated/α-hetero) is 1. The third-order valence-corrected chi connectivity index (χ3v) is 5.68. The number of benzene rings is 2. The van der Waals surface area contributed by atoms with E-state index in [9.17, 15) is 9.59 Å². The smallest absolute Gasteiger partial charge is 0.408 e. The van der Waals surface area contributed by atoms with E-state index in [0.717, 1.165) is 11.1 Å². The van der Waals surface area contributed by atoms with Crippen LogP contribution in [0.15, 0.2) is 42.5 Å². The Labute approximate surface area is 187 Å². The predicted molar refractivity (Wildman–Crippen MR) is 119 cm³/mol. The van der Waals surface area contributed by atoms with Crippen LogP contribution in [0.3, 0.4) is 0 Å². The monoisotopic (exact) mass is 448 g/mol. The molecular formula is C23H26Cl2N2O3. The highest BCUT2D eigenvalue weighted by molar-refractivity contribution is 6.34. The summed E-state index contributed by atoms with van der Waals surface area (Å²) >= 11 is 12.7. The van der Waals surface area contributed by atoms with Crippen LogP contribution in [-0.4, -0.2) is 34.6 Å². The normalized spacial score (nSPS) is 17.9. The van der Waals surface area contributed by atoms with Crippen molar-refractivity contribution in [2.45, 2.75) is 58.5 Å². The van der Waals surface area contributed by atoms with E-state index in [4.69, 9.17) is 27.9 Å². The summed E-state index contributed by atoms with van der Waals surface area (Å²) in [6, 6.07) is 12.4. The van der Waals surface area contributed by atoms with Crippen LogP contribution >= 0.6 is 23.2 Å². The number of ketones is 1. The van der Waals surface area contributed by atoms with Gasteiger partial charge in [0, 0.05) is 17.1 Å². The standard InChI is InChI=1S/C23H26Cl2N2O3/c1-14(26-22(29)30-23(2,3)4)27-13-16-9-7-11-18(25)20(16)21(28)19(27)12-15-8-5-6-10-17(15)24/h5-11,14,19H,12-13H2,1-4H3,(H,26,29)/t14-,19?/m0/s1. The van der Waals surface area contributed by atoms with E-state index in [-0.39, 0.29) is 5.78 Å². The largest absolute Gasteiger partial charge is 0.444 e. The topological polar surface area (TPSA) is 58.6 Å². The number of carbonyl (C=O) groups excluding carboxylic acids is 2. The van der Waals surface area contributed by atoms with Crippen LogP contribution in [0.25, 0.3) is 0 Å². The Morgan fingerprint density at radius 1 is 1.17 bits per heavy atom. The number of carbonyl (C=O) groups is 2. The SMILES string of the molecule is C[C@@H](NC(=O)OC(C)(C)C)N1Cc2cccc(Cl)c2C(=O)C1Cc1ccccc1Cl. The van der Waals surface area contributed by atoms with Gasteiger partial charge >= 0.3 is 6.09 Å². The molecule has 0 aromatic heterocycles. The van der Waals surface area contributed by atoms with Crippen LogP contribution < -0.4 is 5.32 Å². The van der Waals surface area contributed by atoms with Crippen molar-refractivity contribution in [3.05, 3.63) is 69.2 Å². The first-order valence-electron chi connectivity index (χ1n) is 9.87. The number of rotatable bonds is 4. The molecule has 0 saturated carbocycles. The number of halogens is 2. The van der Waals surface area contributed by atoms with E-state index in [0.29, 0.717) is 28.6 Å². The second kappa shape index (κ2) is 8.96. The number of hydrogen-bond acceptors (Lipinski definition) is 4. The fraction of sp³-hybridized carbons (Fsp3) is 0.391. The molecular weight excluding hydrogens is 423 g/mol. The van der Waals surface area contributed by atoms with Crippen LogP contribution in [-0.2, 0) is 17.7 Å². The first-order valence-corrected chi connectivity index (χ1v) is 10.6. The number of alkyl carbamates (subject to hydrolysis) is 1. The molecule has 2 aromatic carbocycles. The van der Waals surface area contributed by atoms with Gasteiger partial charge in [0.1, 0.15) is 5.60 Å². The summed E-state index contributed by atoms with van der Waals surface area (Å²) in [5.74, 6) is -0.0837. The Morgan fingerprint density at radius 2 is 1.83 bits per heavy atom. The van der Waals surface area contributed by atoms with Crippen LogP contribution in [0.5, 0.6) is 0 Å². The summed E-state index contributed by atoms with van der Waals surface area (Å²) in [5.41, 5.74) is 1.62. The van der Waals surface area contributed by atoms with E-state index < -0.39 is 23.9 Å². The predicted octanol–water partition coefficient (Wildman–Crippen LogP) is 5.47. The lowest BCUT2D eigenvalue weighted by Crippen LogP contribution is -2.56. The van der Waals surface area contributed by atoms with E-state index in [1.54, 1.807) is 32.9 Å². The summed E-state index contributed by atoms with van der Waals surface area (Å²) in [6.07, 6.45) is -0.567. The molecule has 0 radical (unpaired) electrons. The molecule has 1 N–H and O–H groups in total. The van der Waals surface area contributed by atoms with E-state index in [2.05, 4.69) is 5.32 Å². The number of nitrogens with zero attached hydrogens (tertiary/aromatic N) is 1. The highest BCUT2D eigenvalue weighted by Gasteiger charge is 2.38. The molecule has 1 unspecified atom stereocenters. The average Bonchev–Trinajstić information content (AvgIpc) is 2.63. The molecule has 0 aliphatic carbocycles. The van der Waals surface area contributed by atoms with Gasteiger partial charge in [-0.15, -0.1) is 0 Å². The number of fused-ring (bicyclic) bond motifs is 1. The lowest BCUT2D eigenvalue weighted by molar-refractivity contribution is 0.0334. The quantitative estimate of drug-likeness (QED) is 0.672. The van der Waals surface area contributed by atoms with Gasteiger partial charge in [-0.25, -0.2) is 4.79 Å². The maximum atomic E-state index is 13.5. The minimum Gasteiger partial charge on any atom is -0.444 e. The summed E-state index contributed by atoms with van der Waals surface area (Å²) in [6.45, 7) is 7.72. The zero-order valence-electron chi connectivity index (χ0n) is 17.5. The van der Waals surface area contributed by atoms with E-state index >= 15 is 0 Å². The van der Waals surface area contributed by atoms with Crippen molar-refractivity contribution in [2.75, 3.05) is 0 Å². The minimum absolute atomic E-state index is 0.0837. The Morgan fingerprint density at radius 3 is 2.50 bits per heavy atom. The minimum atomic E-state index is -0.612. The van der Waals surface area contributed by atoms with Gasteiger partial charge in [0.25, 0.3) is 0 Å². The fourth-order valence-electron chi connectivity index (χ4n) is 3.65. The number of nitrogens with one attached hydrogen (secondary N) is 1. The Bertz CT molecular complexity index is 956.